The van der Waals surface area contributed by atoms with Crippen molar-refractivity contribution in [1.29, 1.82) is 0 Å². The van der Waals surface area contributed by atoms with Gasteiger partial charge in [-0.15, -0.1) is 0 Å². The van der Waals surface area contributed by atoms with Gasteiger partial charge in [0.05, 0.1) is 17.0 Å². The fourth-order valence-electron chi connectivity index (χ4n) is 1.23. The predicted molar refractivity (Wildman–Crippen MR) is 61.2 cm³/mol. The van der Waals surface area contributed by atoms with Gasteiger partial charge in [0.25, 0.3) is 0 Å². The molecule has 0 radical (unpaired) electrons. The summed E-state index contributed by atoms with van der Waals surface area (Å²) >= 11 is 0. The summed E-state index contributed by atoms with van der Waals surface area (Å²) in [7, 11) is -2.20. The van der Waals surface area contributed by atoms with Gasteiger partial charge in [-0.25, -0.2) is 17.6 Å². The molecule has 0 saturated carbocycles. The van der Waals surface area contributed by atoms with E-state index >= 15 is 0 Å². The number of hydrogen-bond donors (Lipinski definition) is 1. The van der Waals surface area contributed by atoms with Crippen LogP contribution in [0.3, 0.4) is 0 Å². The van der Waals surface area contributed by atoms with E-state index in [1.54, 1.807) is 0 Å². The standard InChI is InChI=1S/C10H12FNO4S/c1-3-17(15,16)12(2)7-4-5-9(11)8(6-7)10(13)14/h4-6H,3H2,1-2H3,(H,13,14). The maximum Gasteiger partial charge on any atom is 0.338 e. The van der Waals surface area contributed by atoms with Crippen LogP contribution in [0, 0.1) is 5.82 Å². The summed E-state index contributed by atoms with van der Waals surface area (Å²) in [6.45, 7) is 1.47. The Labute approximate surface area is 98.5 Å². The normalized spacial score (nSPS) is 11.2. The van der Waals surface area contributed by atoms with E-state index in [0.717, 1.165) is 16.4 Å². The van der Waals surface area contributed by atoms with E-state index in [1.807, 2.05) is 0 Å². The number of carboxylic acids is 1. The Morgan fingerprint density at radius 2 is 2.06 bits per heavy atom. The van der Waals surface area contributed by atoms with Gasteiger partial charge in [-0.05, 0) is 25.1 Å². The van der Waals surface area contributed by atoms with Gasteiger partial charge in [-0.1, -0.05) is 0 Å². The second-order valence-electron chi connectivity index (χ2n) is 3.34. The molecule has 0 aliphatic rings. The summed E-state index contributed by atoms with van der Waals surface area (Å²) in [5.41, 5.74) is -0.439. The molecule has 0 saturated heterocycles. The van der Waals surface area contributed by atoms with Gasteiger partial charge in [0.2, 0.25) is 10.0 Å². The van der Waals surface area contributed by atoms with Crippen molar-refractivity contribution in [2.24, 2.45) is 0 Å². The largest absolute Gasteiger partial charge is 0.478 e. The number of carboxylic acid groups (broad SMARTS) is 1. The molecule has 0 amide bonds. The van der Waals surface area contributed by atoms with Crippen LogP contribution in [0.2, 0.25) is 0 Å². The maximum atomic E-state index is 13.1. The minimum atomic E-state index is -3.49. The minimum Gasteiger partial charge on any atom is -0.478 e. The van der Waals surface area contributed by atoms with Crippen molar-refractivity contribution >= 4 is 21.7 Å². The number of anilines is 1. The van der Waals surface area contributed by atoms with Gasteiger partial charge < -0.3 is 5.11 Å². The molecule has 0 unspecified atom stereocenters. The van der Waals surface area contributed by atoms with Crippen molar-refractivity contribution in [3.8, 4) is 0 Å². The quantitative estimate of drug-likeness (QED) is 0.886. The van der Waals surface area contributed by atoms with Gasteiger partial charge in [0, 0.05) is 7.05 Å². The minimum absolute atomic E-state index is 0.116. The van der Waals surface area contributed by atoms with E-state index in [0.29, 0.717) is 0 Å². The molecule has 0 heterocycles. The first-order valence-electron chi connectivity index (χ1n) is 4.79. The van der Waals surface area contributed by atoms with Crippen LogP contribution >= 0.6 is 0 Å². The molecule has 0 aliphatic carbocycles. The molecule has 17 heavy (non-hydrogen) atoms. The van der Waals surface area contributed by atoms with Crippen LogP contribution in [0.15, 0.2) is 18.2 Å². The SMILES string of the molecule is CCS(=O)(=O)N(C)c1ccc(F)c(C(=O)O)c1. The van der Waals surface area contributed by atoms with Crippen LogP contribution in [0.25, 0.3) is 0 Å². The Morgan fingerprint density at radius 1 is 1.47 bits per heavy atom. The highest BCUT2D eigenvalue weighted by Crippen LogP contribution is 2.20. The van der Waals surface area contributed by atoms with E-state index in [1.165, 1.54) is 20.0 Å². The number of halogens is 1. The van der Waals surface area contributed by atoms with Crippen LogP contribution in [0.5, 0.6) is 0 Å². The average Bonchev–Trinajstić information content (AvgIpc) is 2.28. The van der Waals surface area contributed by atoms with Gasteiger partial charge in [-0.3, -0.25) is 4.31 Å². The lowest BCUT2D eigenvalue weighted by Gasteiger charge is -2.18. The zero-order chi connectivity index (χ0) is 13.2. The van der Waals surface area contributed by atoms with Crippen LogP contribution < -0.4 is 4.31 Å². The van der Waals surface area contributed by atoms with E-state index in [-0.39, 0.29) is 11.4 Å². The molecule has 94 valence electrons. The molecule has 0 aromatic heterocycles. The monoisotopic (exact) mass is 261 g/mol. The third kappa shape index (κ3) is 2.73. The zero-order valence-corrected chi connectivity index (χ0v) is 10.2. The smallest absolute Gasteiger partial charge is 0.338 e. The van der Waals surface area contributed by atoms with E-state index in [2.05, 4.69) is 0 Å². The molecule has 0 bridgehead atoms. The highest BCUT2D eigenvalue weighted by molar-refractivity contribution is 7.92. The molecule has 0 spiro atoms. The first-order valence-corrected chi connectivity index (χ1v) is 6.40. The van der Waals surface area contributed by atoms with E-state index in [9.17, 15) is 17.6 Å². The lowest BCUT2D eigenvalue weighted by atomic mass is 10.2. The molecule has 1 rings (SSSR count). The highest BCUT2D eigenvalue weighted by Gasteiger charge is 2.18. The molecular formula is C10H12FNO4S. The molecule has 0 aliphatic heterocycles. The summed E-state index contributed by atoms with van der Waals surface area (Å²) in [5.74, 6) is -2.46. The second-order valence-corrected chi connectivity index (χ2v) is 5.63. The number of nitrogens with zero attached hydrogens (tertiary/aromatic N) is 1. The van der Waals surface area contributed by atoms with Gasteiger partial charge in [0.1, 0.15) is 5.82 Å². The van der Waals surface area contributed by atoms with Crippen molar-refractivity contribution in [2.45, 2.75) is 6.92 Å². The zero-order valence-electron chi connectivity index (χ0n) is 9.34. The molecule has 1 N–H and O–H groups in total. The molecule has 7 heteroatoms. The van der Waals surface area contributed by atoms with Gasteiger partial charge in [-0.2, -0.15) is 0 Å². The number of benzene rings is 1. The molecule has 1 aromatic rings. The van der Waals surface area contributed by atoms with Crippen molar-refractivity contribution in [1.82, 2.24) is 0 Å². The molecule has 5 nitrogen and oxygen atoms in total. The number of sulfonamides is 1. The average molecular weight is 261 g/mol. The van der Waals surface area contributed by atoms with Crippen molar-refractivity contribution in [3.05, 3.63) is 29.6 Å². The number of carbonyl (C=O) groups is 1. The van der Waals surface area contributed by atoms with Crippen molar-refractivity contribution in [3.63, 3.8) is 0 Å². The second kappa shape index (κ2) is 4.70. The lowest BCUT2D eigenvalue weighted by molar-refractivity contribution is 0.0692. The molecular weight excluding hydrogens is 249 g/mol. The van der Waals surface area contributed by atoms with Crippen LogP contribution in [-0.2, 0) is 10.0 Å². The third-order valence-electron chi connectivity index (χ3n) is 2.33. The van der Waals surface area contributed by atoms with Gasteiger partial charge >= 0.3 is 5.97 Å². The number of aromatic carboxylic acids is 1. The summed E-state index contributed by atoms with van der Waals surface area (Å²) in [6, 6.07) is 3.14. The summed E-state index contributed by atoms with van der Waals surface area (Å²) in [4.78, 5) is 10.7. The van der Waals surface area contributed by atoms with Crippen LogP contribution in [0.1, 0.15) is 17.3 Å². The molecule has 1 aromatic carbocycles. The Balaban J connectivity index is 3.26. The summed E-state index contributed by atoms with van der Waals surface area (Å²) in [6.07, 6.45) is 0. The third-order valence-corrected chi connectivity index (χ3v) is 4.10. The summed E-state index contributed by atoms with van der Waals surface area (Å²) < 4.78 is 37.1. The fraction of sp³-hybridized carbons (Fsp3) is 0.300. The topological polar surface area (TPSA) is 74.7 Å². The summed E-state index contributed by atoms with van der Waals surface area (Å²) in [5, 5.41) is 8.72. The van der Waals surface area contributed by atoms with Crippen molar-refractivity contribution < 1.29 is 22.7 Å². The Hall–Kier alpha value is -1.63. The maximum absolute atomic E-state index is 13.1. The predicted octanol–water partition coefficient (Wildman–Crippen LogP) is 1.31. The van der Waals surface area contributed by atoms with E-state index < -0.39 is 27.4 Å². The van der Waals surface area contributed by atoms with Crippen LogP contribution in [0.4, 0.5) is 10.1 Å². The Morgan fingerprint density at radius 3 is 2.53 bits per heavy atom. The van der Waals surface area contributed by atoms with Crippen LogP contribution in [-0.4, -0.2) is 32.3 Å². The lowest BCUT2D eigenvalue weighted by Crippen LogP contribution is -2.28. The number of hydrogen-bond acceptors (Lipinski definition) is 3. The van der Waals surface area contributed by atoms with Crippen molar-refractivity contribution in [2.75, 3.05) is 17.1 Å². The first-order chi connectivity index (χ1) is 7.79. The van der Waals surface area contributed by atoms with Gasteiger partial charge in [0.15, 0.2) is 0 Å². The molecule has 0 fully saturated rings. The fourth-order valence-corrected chi connectivity index (χ4v) is 2.05. The highest BCUT2D eigenvalue weighted by atomic mass is 32.2. The van der Waals surface area contributed by atoms with E-state index in [4.69, 9.17) is 5.11 Å². The number of rotatable bonds is 4. The Bertz CT molecular complexity index is 541. The molecule has 0 atom stereocenters. The first kappa shape index (κ1) is 13.4. The Kier molecular flexibility index (Phi) is 3.72.